The van der Waals surface area contributed by atoms with Gasteiger partial charge in [0.15, 0.2) is 0 Å². The van der Waals surface area contributed by atoms with Crippen molar-refractivity contribution in [3.05, 3.63) is 21.9 Å². The van der Waals surface area contributed by atoms with E-state index in [-0.39, 0.29) is 0 Å². The lowest BCUT2D eigenvalue weighted by Gasteiger charge is -1.83. The molecule has 2 nitrogen and oxygen atoms in total. The molecule has 4 heteroatoms. The minimum atomic E-state index is -0.563. The Labute approximate surface area is 66.7 Å². The van der Waals surface area contributed by atoms with Crippen molar-refractivity contribution in [2.45, 2.75) is 0 Å². The van der Waals surface area contributed by atoms with E-state index in [9.17, 15) is 4.79 Å². The fourth-order valence-corrected chi connectivity index (χ4v) is 1.46. The van der Waals surface area contributed by atoms with Gasteiger partial charge in [-0.15, -0.1) is 11.3 Å². The third-order valence-corrected chi connectivity index (χ3v) is 2.18. The van der Waals surface area contributed by atoms with E-state index in [1.165, 1.54) is 11.3 Å². The number of nitrogens with zero attached hydrogens (tertiary/aromatic N) is 1. The highest BCUT2D eigenvalue weighted by Crippen LogP contribution is 2.17. The first-order chi connectivity index (χ1) is 4.75. The molecule has 0 spiro atoms. The van der Waals surface area contributed by atoms with Gasteiger partial charge in [-0.25, -0.2) is 0 Å². The first kappa shape index (κ1) is 7.26. The molecule has 1 aromatic rings. The lowest BCUT2D eigenvalue weighted by Crippen LogP contribution is -1.85. The largest absolute Gasteiger partial charge is 0.275 e. The number of nitriles is 1. The van der Waals surface area contributed by atoms with Crippen molar-refractivity contribution in [1.82, 2.24) is 0 Å². The SMILES string of the molecule is N#Cc1ccsc1C(=O)Cl. The molecule has 1 rings (SSSR count). The van der Waals surface area contributed by atoms with E-state index in [4.69, 9.17) is 16.9 Å². The van der Waals surface area contributed by atoms with Crippen LogP contribution in [0.1, 0.15) is 15.2 Å². The molecule has 10 heavy (non-hydrogen) atoms. The highest BCUT2D eigenvalue weighted by Gasteiger charge is 2.08. The van der Waals surface area contributed by atoms with Crippen LogP contribution in [0.5, 0.6) is 0 Å². The van der Waals surface area contributed by atoms with Crippen LogP contribution >= 0.6 is 22.9 Å². The van der Waals surface area contributed by atoms with Gasteiger partial charge in [0.1, 0.15) is 10.9 Å². The van der Waals surface area contributed by atoms with Gasteiger partial charge in [0.05, 0.1) is 5.56 Å². The molecule has 0 fully saturated rings. The number of halogens is 1. The smallest absolute Gasteiger partial charge is 0.263 e. The average Bonchev–Trinajstić information content (AvgIpc) is 2.33. The molecule has 0 aliphatic heterocycles. The average molecular weight is 172 g/mol. The van der Waals surface area contributed by atoms with Crippen molar-refractivity contribution in [3.63, 3.8) is 0 Å². The quantitative estimate of drug-likeness (QED) is 0.607. The Hall–Kier alpha value is -0.850. The maximum Gasteiger partial charge on any atom is 0.263 e. The maximum absolute atomic E-state index is 10.5. The van der Waals surface area contributed by atoms with Gasteiger partial charge in [-0.2, -0.15) is 5.26 Å². The summed E-state index contributed by atoms with van der Waals surface area (Å²) in [6, 6.07) is 3.43. The number of thiophene rings is 1. The minimum Gasteiger partial charge on any atom is -0.275 e. The fraction of sp³-hybridized carbons (Fsp3) is 0. The van der Waals surface area contributed by atoms with Crippen LogP contribution in [0.25, 0.3) is 0 Å². The van der Waals surface area contributed by atoms with E-state index >= 15 is 0 Å². The summed E-state index contributed by atoms with van der Waals surface area (Å²) in [6.07, 6.45) is 0. The Bertz CT molecular complexity index is 299. The molecule has 0 saturated heterocycles. The first-order valence-electron chi connectivity index (χ1n) is 2.43. The van der Waals surface area contributed by atoms with Gasteiger partial charge in [0, 0.05) is 0 Å². The van der Waals surface area contributed by atoms with Crippen LogP contribution in [0, 0.1) is 11.3 Å². The predicted molar refractivity (Wildman–Crippen MR) is 39.2 cm³/mol. The van der Waals surface area contributed by atoms with Gasteiger partial charge in [-0.1, -0.05) is 0 Å². The Morgan fingerprint density at radius 1 is 1.80 bits per heavy atom. The predicted octanol–water partition coefficient (Wildman–Crippen LogP) is 2.00. The standard InChI is InChI=1S/C6H2ClNOS/c7-6(9)5-4(3-8)1-2-10-5/h1-2H. The third-order valence-electron chi connectivity index (χ3n) is 0.964. The molecule has 0 atom stereocenters. The van der Waals surface area contributed by atoms with Gasteiger partial charge in [0.25, 0.3) is 5.24 Å². The second kappa shape index (κ2) is 2.82. The Balaban J connectivity index is 3.17. The molecule has 0 bridgehead atoms. The molecule has 0 aliphatic rings. The Kier molecular flexibility index (Phi) is 2.05. The van der Waals surface area contributed by atoms with E-state index < -0.39 is 5.24 Å². The summed E-state index contributed by atoms with van der Waals surface area (Å²) in [5.74, 6) is 0. The zero-order valence-corrected chi connectivity index (χ0v) is 6.37. The summed E-state index contributed by atoms with van der Waals surface area (Å²) < 4.78 is 0. The van der Waals surface area contributed by atoms with E-state index in [1.54, 1.807) is 11.4 Å². The molecule has 0 amide bonds. The molecule has 0 radical (unpaired) electrons. The zero-order chi connectivity index (χ0) is 7.56. The molecule has 0 aromatic carbocycles. The van der Waals surface area contributed by atoms with Gasteiger partial charge >= 0.3 is 0 Å². The first-order valence-corrected chi connectivity index (χ1v) is 3.69. The van der Waals surface area contributed by atoms with E-state index in [1.807, 2.05) is 6.07 Å². The molecule has 0 unspecified atom stereocenters. The summed E-state index contributed by atoms with van der Waals surface area (Å²) >= 11 is 6.33. The van der Waals surface area contributed by atoms with Crippen molar-refractivity contribution in [3.8, 4) is 6.07 Å². The second-order valence-corrected chi connectivity index (χ2v) is 2.81. The van der Waals surface area contributed by atoms with E-state index in [0.29, 0.717) is 10.4 Å². The normalized spacial score (nSPS) is 8.80. The van der Waals surface area contributed by atoms with E-state index in [0.717, 1.165) is 0 Å². The maximum atomic E-state index is 10.5. The van der Waals surface area contributed by atoms with Crippen molar-refractivity contribution < 1.29 is 4.79 Å². The lowest BCUT2D eigenvalue weighted by atomic mass is 10.3. The monoisotopic (exact) mass is 171 g/mol. The summed E-state index contributed by atoms with van der Waals surface area (Å²) in [5.41, 5.74) is 0.352. The molecule has 1 heterocycles. The summed E-state index contributed by atoms with van der Waals surface area (Å²) in [6.45, 7) is 0. The van der Waals surface area contributed by atoms with Gasteiger partial charge in [0.2, 0.25) is 0 Å². The van der Waals surface area contributed by atoms with Crippen LogP contribution in [-0.2, 0) is 0 Å². The van der Waals surface area contributed by atoms with Crippen LogP contribution in [-0.4, -0.2) is 5.24 Å². The number of hydrogen-bond donors (Lipinski definition) is 0. The Morgan fingerprint density at radius 2 is 2.50 bits per heavy atom. The summed E-state index contributed by atoms with van der Waals surface area (Å²) in [4.78, 5) is 10.8. The van der Waals surface area contributed by atoms with Crippen LogP contribution < -0.4 is 0 Å². The van der Waals surface area contributed by atoms with Crippen LogP contribution in [0.15, 0.2) is 11.4 Å². The number of rotatable bonds is 1. The fourth-order valence-electron chi connectivity index (χ4n) is 0.550. The number of carbonyl (C=O) groups is 1. The zero-order valence-electron chi connectivity index (χ0n) is 4.80. The van der Waals surface area contributed by atoms with Gasteiger partial charge < -0.3 is 0 Å². The molecule has 0 N–H and O–H groups in total. The number of carbonyl (C=O) groups excluding carboxylic acids is 1. The van der Waals surface area contributed by atoms with Crippen molar-refractivity contribution in [2.75, 3.05) is 0 Å². The number of hydrogen-bond acceptors (Lipinski definition) is 3. The van der Waals surface area contributed by atoms with Crippen molar-refractivity contribution >= 4 is 28.2 Å². The highest BCUT2D eigenvalue weighted by atomic mass is 35.5. The third kappa shape index (κ3) is 1.18. The van der Waals surface area contributed by atoms with Crippen LogP contribution in [0.3, 0.4) is 0 Å². The van der Waals surface area contributed by atoms with Crippen LogP contribution in [0.2, 0.25) is 0 Å². The topological polar surface area (TPSA) is 40.9 Å². The Morgan fingerprint density at radius 3 is 2.90 bits per heavy atom. The van der Waals surface area contributed by atoms with Crippen molar-refractivity contribution in [2.24, 2.45) is 0 Å². The lowest BCUT2D eigenvalue weighted by molar-refractivity contribution is 0.108. The molecule has 50 valence electrons. The summed E-state index contributed by atoms with van der Waals surface area (Å²) in [7, 11) is 0. The molecule has 0 aliphatic carbocycles. The molecule has 1 aromatic heterocycles. The molecule has 0 saturated carbocycles. The molecular weight excluding hydrogens is 170 g/mol. The minimum absolute atomic E-state index is 0.323. The van der Waals surface area contributed by atoms with Crippen molar-refractivity contribution in [1.29, 1.82) is 5.26 Å². The van der Waals surface area contributed by atoms with Gasteiger partial charge in [-0.05, 0) is 23.0 Å². The summed E-state index contributed by atoms with van der Waals surface area (Å²) in [5, 5.41) is 9.50. The van der Waals surface area contributed by atoms with E-state index in [2.05, 4.69) is 0 Å². The second-order valence-electron chi connectivity index (χ2n) is 1.55. The molecular formula is C6H2ClNOS. The highest BCUT2D eigenvalue weighted by molar-refractivity contribution is 7.14. The van der Waals surface area contributed by atoms with Crippen LogP contribution in [0.4, 0.5) is 0 Å². The van der Waals surface area contributed by atoms with Gasteiger partial charge in [-0.3, -0.25) is 4.79 Å².